The number of nitrogens with zero attached hydrogens (tertiary/aromatic N) is 2. The number of rotatable bonds is 3. The predicted octanol–water partition coefficient (Wildman–Crippen LogP) is 2.72. The summed E-state index contributed by atoms with van der Waals surface area (Å²) >= 11 is 0. The third-order valence-corrected chi connectivity index (χ3v) is 2.81. The van der Waals surface area contributed by atoms with Crippen molar-refractivity contribution in [2.45, 2.75) is 0 Å². The van der Waals surface area contributed by atoms with Crippen LogP contribution in [0.25, 0.3) is 17.1 Å². The SMILES string of the molecule is COc1cccc(-n2nc(-c3ccco3)cc2N)c1. The summed E-state index contributed by atoms with van der Waals surface area (Å²) < 4.78 is 12.2. The van der Waals surface area contributed by atoms with Gasteiger partial charge in [-0.15, -0.1) is 0 Å². The molecule has 2 heterocycles. The van der Waals surface area contributed by atoms with E-state index in [2.05, 4.69) is 5.10 Å². The van der Waals surface area contributed by atoms with Crippen LogP contribution in [-0.2, 0) is 0 Å². The van der Waals surface area contributed by atoms with Crippen LogP contribution in [0.1, 0.15) is 0 Å². The number of methoxy groups -OCH3 is 1. The lowest BCUT2D eigenvalue weighted by Gasteiger charge is -2.05. The first kappa shape index (κ1) is 11.4. The summed E-state index contributed by atoms with van der Waals surface area (Å²) in [5.74, 6) is 1.99. The van der Waals surface area contributed by atoms with Gasteiger partial charge in [0.2, 0.25) is 0 Å². The molecule has 3 rings (SSSR count). The van der Waals surface area contributed by atoms with Crippen molar-refractivity contribution < 1.29 is 9.15 Å². The molecule has 5 heteroatoms. The quantitative estimate of drug-likeness (QED) is 0.781. The Balaban J connectivity index is 2.05. The average molecular weight is 255 g/mol. The van der Waals surface area contributed by atoms with E-state index in [-0.39, 0.29) is 0 Å². The van der Waals surface area contributed by atoms with Crippen LogP contribution in [0, 0.1) is 0 Å². The lowest BCUT2D eigenvalue weighted by atomic mass is 10.3. The molecule has 0 amide bonds. The number of nitrogen functional groups attached to an aromatic ring is 1. The van der Waals surface area contributed by atoms with Gasteiger partial charge in [-0.2, -0.15) is 5.10 Å². The Kier molecular flexibility index (Phi) is 2.72. The second-order valence-electron chi connectivity index (χ2n) is 4.05. The minimum Gasteiger partial charge on any atom is -0.497 e. The molecular weight excluding hydrogens is 242 g/mol. The van der Waals surface area contributed by atoms with E-state index >= 15 is 0 Å². The molecule has 0 aliphatic rings. The van der Waals surface area contributed by atoms with Gasteiger partial charge in [0.05, 0.1) is 19.1 Å². The topological polar surface area (TPSA) is 66.2 Å². The normalized spacial score (nSPS) is 10.6. The van der Waals surface area contributed by atoms with E-state index in [0.29, 0.717) is 17.3 Å². The summed E-state index contributed by atoms with van der Waals surface area (Å²) in [6.45, 7) is 0. The maximum atomic E-state index is 5.99. The molecule has 5 nitrogen and oxygen atoms in total. The van der Waals surface area contributed by atoms with Gasteiger partial charge in [-0.3, -0.25) is 0 Å². The molecule has 2 N–H and O–H groups in total. The van der Waals surface area contributed by atoms with E-state index in [1.807, 2.05) is 36.4 Å². The minimum absolute atomic E-state index is 0.541. The summed E-state index contributed by atoms with van der Waals surface area (Å²) in [6, 6.07) is 13.0. The number of anilines is 1. The molecule has 1 aromatic carbocycles. The summed E-state index contributed by atoms with van der Waals surface area (Å²) in [5.41, 5.74) is 7.53. The summed E-state index contributed by atoms with van der Waals surface area (Å²) in [6.07, 6.45) is 1.61. The Morgan fingerprint density at radius 2 is 2.11 bits per heavy atom. The third kappa shape index (κ3) is 2.06. The van der Waals surface area contributed by atoms with Gasteiger partial charge in [-0.05, 0) is 24.3 Å². The van der Waals surface area contributed by atoms with Crippen LogP contribution < -0.4 is 10.5 Å². The lowest BCUT2D eigenvalue weighted by Crippen LogP contribution is -2.01. The van der Waals surface area contributed by atoms with Gasteiger partial charge in [0.25, 0.3) is 0 Å². The Morgan fingerprint density at radius 1 is 1.21 bits per heavy atom. The van der Waals surface area contributed by atoms with Gasteiger partial charge in [-0.1, -0.05) is 6.07 Å². The summed E-state index contributed by atoms with van der Waals surface area (Å²) in [7, 11) is 1.62. The standard InChI is InChI=1S/C14H13N3O2/c1-18-11-5-2-4-10(8-11)17-14(15)9-12(16-17)13-6-3-7-19-13/h2-9H,15H2,1H3. The molecular formula is C14H13N3O2. The van der Waals surface area contributed by atoms with Crippen LogP contribution in [0.3, 0.4) is 0 Å². The third-order valence-electron chi connectivity index (χ3n) is 2.81. The number of ether oxygens (including phenoxy) is 1. The van der Waals surface area contributed by atoms with Gasteiger partial charge in [0.1, 0.15) is 17.3 Å². The highest BCUT2D eigenvalue weighted by molar-refractivity contribution is 5.59. The smallest absolute Gasteiger partial charge is 0.154 e. The Bertz CT molecular complexity index is 687. The summed E-state index contributed by atoms with van der Waals surface area (Å²) in [4.78, 5) is 0. The van der Waals surface area contributed by atoms with Crippen molar-refractivity contribution in [3.63, 3.8) is 0 Å². The molecule has 0 bridgehead atoms. The fraction of sp³-hybridized carbons (Fsp3) is 0.0714. The molecule has 0 atom stereocenters. The number of furan rings is 1. The van der Waals surface area contributed by atoms with Gasteiger partial charge in [-0.25, -0.2) is 4.68 Å². The number of aromatic nitrogens is 2. The minimum atomic E-state index is 0.541. The molecule has 0 radical (unpaired) electrons. The molecule has 0 aliphatic carbocycles. The van der Waals surface area contributed by atoms with Gasteiger partial charge >= 0.3 is 0 Å². The number of hydrogen-bond acceptors (Lipinski definition) is 4. The molecule has 3 aromatic rings. The van der Waals surface area contributed by atoms with E-state index in [1.54, 1.807) is 24.1 Å². The zero-order valence-electron chi connectivity index (χ0n) is 10.4. The largest absolute Gasteiger partial charge is 0.497 e. The van der Waals surface area contributed by atoms with Crippen molar-refractivity contribution in [3.8, 4) is 22.9 Å². The van der Waals surface area contributed by atoms with Gasteiger partial charge in [0.15, 0.2) is 5.76 Å². The van der Waals surface area contributed by atoms with E-state index < -0.39 is 0 Å². The van der Waals surface area contributed by atoms with Crippen molar-refractivity contribution in [2.24, 2.45) is 0 Å². The van der Waals surface area contributed by atoms with Crippen molar-refractivity contribution in [2.75, 3.05) is 12.8 Å². The molecule has 2 aromatic heterocycles. The number of hydrogen-bond donors (Lipinski definition) is 1. The molecule has 19 heavy (non-hydrogen) atoms. The van der Waals surface area contributed by atoms with E-state index in [9.17, 15) is 0 Å². The van der Waals surface area contributed by atoms with Crippen LogP contribution in [0.2, 0.25) is 0 Å². The van der Waals surface area contributed by atoms with Crippen LogP contribution in [0.15, 0.2) is 53.1 Å². The lowest BCUT2D eigenvalue weighted by molar-refractivity contribution is 0.414. The van der Waals surface area contributed by atoms with E-state index in [1.165, 1.54) is 0 Å². The fourth-order valence-electron chi connectivity index (χ4n) is 1.89. The van der Waals surface area contributed by atoms with Gasteiger partial charge in [0, 0.05) is 12.1 Å². The highest BCUT2D eigenvalue weighted by atomic mass is 16.5. The Morgan fingerprint density at radius 3 is 2.84 bits per heavy atom. The van der Waals surface area contributed by atoms with Crippen LogP contribution >= 0.6 is 0 Å². The Labute approximate surface area is 110 Å². The first-order chi connectivity index (χ1) is 9.28. The molecule has 0 saturated carbocycles. The van der Waals surface area contributed by atoms with Crippen LogP contribution in [0.4, 0.5) is 5.82 Å². The molecule has 0 fully saturated rings. The van der Waals surface area contributed by atoms with Crippen molar-refractivity contribution >= 4 is 5.82 Å². The highest BCUT2D eigenvalue weighted by Crippen LogP contribution is 2.24. The van der Waals surface area contributed by atoms with Crippen molar-refractivity contribution in [1.82, 2.24) is 9.78 Å². The maximum Gasteiger partial charge on any atom is 0.154 e. The molecule has 96 valence electrons. The molecule has 0 aliphatic heterocycles. The molecule has 0 spiro atoms. The zero-order chi connectivity index (χ0) is 13.2. The monoisotopic (exact) mass is 255 g/mol. The first-order valence-corrected chi connectivity index (χ1v) is 5.82. The molecule has 0 saturated heterocycles. The fourth-order valence-corrected chi connectivity index (χ4v) is 1.89. The highest BCUT2D eigenvalue weighted by Gasteiger charge is 2.11. The second kappa shape index (κ2) is 4.53. The number of benzene rings is 1. The first-order valence-electron chi connectivity index (χ1n) is 5.82. The number of nitrogens with two attached hydrogens (primary N) is 1. The predicted molar refractivity (Wildman–Crippen MR) is 72.2 cm³/mol. The van der Waals surface area contributed by atoms with E-state index in [0.717, 1.165) is 11.4 Å². The van der Waals surface area contributed by atoms with Crippen molar-refractivity contribution in [3.05, 3.63) is 48.7 Å². The zero-order valence-corrected chi connectivity index (χ0v) is 10.4. The van der Waals surface area contributed by atoms with Crippen molar-refractivity contribution in [1.29, 1.82) is 0 Å². The molecule has 0 unspecified atom stereocenters. The maximum absolute atomic E-state index is 5.99. The van der Waals surface area contributed by atoms with E-state index in [4.69, 9.17) is 14.9 Å². The van der Waals surface area contributed by atoms with Crippen LogP contribution in [-0.4, -0.2) is 16.9 Å². The average Bonchev–Trinajstić information content (AvgIpc) is 3.07. The summed E-state index contributed by atoms with van der Waals surface area (Å²) in [5, 5.41) is 4.44. The van der Waals surface area contributed by atoms with Crippen LogP contribution in [0.5, 0.6) is 5.75 Å². The van der Waals surface area contributed by atoms with Gasteiger partial charge < -0.3 is 14.9 Å². The second-order valence-corrected chi connectivity index (χ2v) is 4.05. The Hall–Kier alpha value is -2.69.